The summed E-state index contributed by atoms with van der Waals surface area (Å²) >= 11 is 0. The minimum Gasteiger partial charge on any atom is -0.481 e. The second-order valence-electron chi connectivity index (χ2n) is 8.29. The molecule has 0 amide bonds. The first-order chi connectivity index (χ1) is 14.7. The van der Waals surface area contributed by atoms with Gasteiger partial charge in [-0.05, 0) is 43.5 Å². The molecule has 1 aromatic carbocycles. The first-order valence-electron chi connectivity index (χ1n) is 11.4. The van der Waals surface area contributed by atoms with Crippen LogP contribution in [0.2, 0.25) is 0 Å². The summed E-state index contributed by atoms with van der Waals surface area (Å²) in [5.41, 5.74) is 4.34. The van der Waals surface area contributed by atoms with E-state index in [2.05, 4.69) is 34.1 Å². The SMILES string of the molecule is CC.COc1ncc(-c2ccc3c(c2)COC2(CCN(C4CCC4)CC2)O3)cc1C. The van der Waals surface area contributed by atoms with Gasteiger partial charge < -0.3 is 14.2 Å². The van der Waals surface area contributed by atoms with Crippen LogP contribution in [0.1, 0.15) is 57.1 Å². The van der Waals surface area contributed by atoms with Crippen LogP contribution in [0, 0.1) is 6.92 Å². The number of benzene rings is 1. The zero-order valence-corrected chi connectivity index (χ0v) is 18.7. The molecule has 5 heteroatoms. The topological polar surface area (TPSA) is 43.8 Å². The van der Waals surface area contributed by atoms with Gasteiger partial charge in [-0.1, -0.05) is 26.3 Å². The van der Waals surface area contributed by atoms with Crippen molar-refractivity contribution in [2.75, 3.05) is 20.2 Å². The monoisotopic (exact) mass is 410 g/mol. The van der Waals surface area contributed by atoms with E-state index in [1.54, 1.807) is 7.11 Å². The first kappa shape index (κ1) is 21.1. The van der Waals surface area contributed by atoms with Gasteiger partial charge in [-0.2, -0.15) is 0 Å². The van der Waals surface area contributed by atoms with E-state index >= 15 is 0 Å². The molecule has 5 nitrogen and oxygen atoms in total. The quantitative estimate of drug-likeness (QED) is 0.683. The van der Waals surface area contributed by atoms with Gasteiger partial charge in [-0.3, -0.25) is 4.90 Å². The Bertz CT molecular complexity index is 871. The summed E-state index contributed by atoms with van der Waals surface area (Å²) in [4.78, 5) is 7.02. The van der Waals surface area contributed by atoms with Crippen molar-refractivity contribution >= 4 is 0 Å². The van der Waals surface area contributed by atoms with Crippen LogP contribution in [0.5, 0.6) is 11.6 Å². The van der Waals surface area contributed by atoms with Crippen LogP contribution in [-0.4, -0.2) is 41.9 Å². The smallest absolute Gasteiger partial charge is 0.215 e. The van der Waals surface area contributed by atoms with Crippen molar-refractivity contribution in [3.63, 3.8) is 0 Å². The summed E-state index contributed by atoms with van der Waals surface area (Å²) in [6.45, 7) is 8.78. The number of aryl methyl sites for hydroxylation is 1. The highest BCUT2D eigenvalue weighted by molar-refractivity contribution is 5.66. The van der Waals surface area contributed by atoms with Crippen molar-refractivity contribution in [3.05, 3.63) is 41.6 Å². The second kappa shape index (κ2) is 8.94. The molecule has 0 bridgehead atoms. The predicted octanol–water partition coefficient (Wildman–Crippen LogP) is 5.35. The highest BCUT2D eigenvalue weighted by Gasteiger charge is 2.42. The van der Waals surface area contributed by atoms with E-state index < -0.39 is 5.79 Å². The molecule has 1 saturated heterocycles. The summed E-state index contributed by atoms with van der Waals surface area (Å²) in [6.07, 6.45) is 7.87. The summed E-state index contributed by atoms with van der Waals surface area (Å²) in [5.74, 6) is 1.20. The molecule has 1 saturated carbocycles. The molecule has 1 aliphatic carbocycles. The number of methoxy groups -OCH3 is 1. The Balaban J connectivity index is 0.00000106. The molecule has 0 radical (unpaired) electrons. The Morgan fingerprint density at radius 2 is 1.87 bits per heavy atom. The molecule has 1 spiro atoms. The van der Waals surface area contributed by atoms with E-state index in [9.17, 15) is 0 Å². The zero-order valence-electron chi connectivity index (χ0n) is 18.7. The lowest BCUT2D eigenvalue weighted by molar-refractivity contribution is -0.231. The molecular weight excluding hydrogens is 376 g/mol. The van der Waals surface area contributed by atoms with Crippen LogP contribution in [0.3, 0.4) is 0 Å². The molecule has 2 aliphatic heterocycles. The van der Waals surface area contributed by atoms with Crippen molar-refractivity contribution in [3.8, 4) is 22.8 Å². The number of hydrogen-bond acceptors (Lipinski definition) is 5. The van der Waals surface area contributed by atoms with Gasteiger partial charge in [0.1, 0.15) is 5.75 Å². The molecule has 0 N–H and O–H groups in total. The number of hydrogen-bond donors (Lipinski definition) is 0. The lowest BCUT2D eigenvalue weighted by Gasteiger charge is -2.47. The molecule has 5 rings (SSSR count). The highest BCUT2D eigenvalue weighted by atomic mass is 16.7. The number of piperidine rings is 1. The molecule has 162 valence electrons. The lowest BCUT2D eigenvalue weighted by Crippen LogP contribution is -2.54. The average molecular weight is 411 g/mol. The summed E-state index contributed by atoms with van der Waals surface area (Å²) in [6, 6.07) is 9.28. The summed E-state index contributed by atoms with van der Waals surface area (Å²) < 4.78 is 18.0. The van der Waals surface area contributed by atoms with Gasteiger partial charge >= 0.3 is 0 Å². The maximum atomic E-state index is 6.41. The van der Waals surface area contributed by atoms with Crippen molar-refractivity contribution in [1.29, 1.82) is 0 Å². The Morgan fingerprint density at radius 1 is 1.10 bits per heavy atom. The summed E-state index contributed by atoms with van der Waals surface area (Å²) in [7, 11) is 1.65. The molecule has 0 atom stereocenters. The molecule has 2 fully saturated rings. The highest BCUT2D eigenvalue weighted by Crippen LogP contribution is 2.40. The van der Waals surface area contributed by atoms with Gasteiger partial charge in [0.25, 0.3) is 0 Å². The largest absolute Gasteiger partial charge is 0.481 e. The van der Waals surface area contributed by atoms with Crippen LogP contribution < -0.4 is 9.47 Å². The molecule has 2 aromatic rings. The minimum absolute atomic E-state index is 0.437. The Hall–Kier alpha value is -2.11. The lowest BCUT2D eigenvalue weighted by atomic mass is 9.89. The van der Waals surface area contributed by atoms with E-state index in [1.807, 2.05) is 27.0 Å². The fraction of sp³-hybridized carbons (Fsp3) is 0.560. The number of likely N-dealkylation sites (tertiary alicyclic amines) is 1. The fourth-order valence-corrected chi connectivity index (χ4v) is 4.57. The van der Waals surface area contributed by atoms with E-state index in [0.29, 0.717) is 12.5 Å². The third kappa shape index (κ3) is 4.06. The molecule has 1 aromatic heterocycles. The number of aromatic nitrogens is 1. The standard InChI is InChI=1S/C23H28N2O3.C2H6/c1-16-12-18(14-24-22(16)26-2)17-6-7-21-19(13-17)15-27-23(28-21)8-10-25(11-9-23)20-4-3-5-20;1-2/h6-7,12-14,20H,3-5,8-11,15H2,1-2H3;1-2H3. The third-order valence-electron chi connectivity index (χ3n) is 6.56. The number of nitrogens with zero attached hydrogens (tertiary/aromatic N) is 2. The van der Waals surface area contributed by atoms with Gasteiger partial charge in [0.05, 0.1) is 13.7 Å². The van der Waals surface area contributed by atoms with Crippen molar-refractivity contribution in [2.24, 2.45) is 0 Å². The second-order valence-corrected chi connectivity index (χ2v) is 8.29. The molecule has 3 heterocycles. The van der Waals surface area contributed by atoms with Crippen LogP contribution >= 0.6 is 0 Å². The third-order valence-corrected chi connectivity index (χ3v) is 6.56. The van der Waals surface area contributed by atoms with E-state index in [-0.39, 0.29) is 0 Å². The van der Waals surface area contributed by atoms with Crippen molar-refractivity contribution in [2.45, 2.75) is 71.3 Å². The number of fused-ring (bicyclic) bond motifs is 1. The van der Waals surface area contributed by atoms with Gasteiger partial charge in [-0.25, -0.2) is 4.98 Å². The predicted molar refractivity (Wildman–Crippen MR) is 119 cm³/mol. The molecule has 30 heavy (non-hydrogen) atoms. The maximum absolute atomic E-state index is 6.41. The summed E-state index contributed by atoms with van der Waals surface area (Å²) in [5, 5.41) is 0. The van der Waals surface area contributed by atoms with Gasteiger partial charge in [0.15, 0.2) is 0 Å². The maximum Gasteiger partial charge on any atom is 0.215 e. The number of rotatable bonds is 3. The van der Waals surface area contributed by atoms with Crippen molar-refractivity contribution in [1.82, 2.24) is 9.88 Å². The minimum atomic E-state index is -0.437. The van der Waals surface area contributed by atoms with Crippen molar-refractivity contribution < 1.29 is 14.2 Å². The van der Waals surface area contributed by atoms with E-state index in [4.69, 9.17) is 14.2 Å². The Kier molecular flexibility index (Phi) is 6.30. The number of pyridine rings is 1. The van der Waals surface area contributed by atoms with Crippen LogP contribution in [0.15, 0.2) is 30.5 Å². The molecular formula is C25H34N2O3. The van der Waals surface area contributed by atoms with Crippen LogP contribution in [0.4, 0.5) is 0 Å². The van der Waals surface area contributed by atoms with Gasteiger partial charge in [-0.15, -0.1) is 0 Å². The zero-order chi connectivity index (χ0) is 21.1. The van der Waals surface area contributed by atoms with Crippen LogP contribution in [-0.2, 0) is 11.3 Å². The van der Waals surface area contributed by atoms with E-state index in [1.165, 1.54) is 19.3 Å². The fourth-order valence-electron chi connectivity index (χ4n) is 4.57. The van der Waals surface area contributed by atoms with Gasteiger partial charge in [0, 0.05) is 54.9 Å². The molecule has 3 aliphatic rings. The Morgan fingerprint density at radius 3 is 2.50 bits per heavy atom. The molecule has 0 unspecified atom stereocenters. The normalized spacial score (nSPS) is 20.4. The van der Waals surface area contributed by atoms with Crippen LogP contribution in [0.25, 0.3) is 11.1 Å². The Labute approximate surface area is 180 Å². The average Bonchev–Trinajstić information content (AvgIpc) is 2.75. The first-order valence-corrected chi connectivity index (χ1v) is 11.4. The van der Waals surface area contributed by atoms with E-state index in [0.717, 1.165) is 60.0 Å². The number of ether oxygens (including phenoxy) is 3. The van der Waals surface area contributed by atoms with Gasteiger partial charge in [0.2, 0.25) is 11.7 Å².